The van der Waals surface area contributed by atoms with Crippen LogP contribution in [0.4, 0.5) is 0 Å². The molecule has 0 aliphatic heterocycles. The van der Waals surface area contributed by atoms with Gasteiger partial charge in [0.25, 0.3) is 0 Å². The number of aryl methyl sites for hydroxylation is 1. The van der Waals surface area contributed by atoms with Crippen LogP contribution in [0.25, 0.3) is 0 Å². The molecule has 1 aromatic heterocycles. The maximum atomic E-state index is 11.9. The fourth-order valence-corrected chi connectivity index (χ4v) is 2.27. The van der Waals surface area contributed by atoms with E-state index >= 15 is 0 Å². The van der Waals surface area contributed by atoms with Gasteiger partial charge in [-0.1, -0.05) is 6.08 Å². The number of allylic oxidation sites excluding steroid dienone is 2. The van der Waals surface area contributed by atoms with Crippen LogP contribution in [0.15, 0.2) is 17.0 Å². The third-order valence-electron chi connectivity index (χ3n) is 2.43. The molecule has 0 fully saturated rings. The van der Waals surface area contributed by atoms with Gasteiger partial charge in [0.1, 0.15) is 5.69 Å². The van der Waals surface area contributed by atoms with Crippen LogP contribution in [-0.4, -0.2) is 10.8 Å². The van der Waals surface area contributed by atoms with E-state index in [1.807, 2.05) is 12.3 Å². The van der Waals surface area contributed by atoms with E-state index in [0.717, 1.165) is 29.8 Å². The average molecular weight is 207 g/mol. The summed E-state index contributed by atoms with van der Waals surface area (Å²) < 4.78 is 0. The van der Waals surface area contributed by atoms with Gasteiger partial charge in [0.15, 0.2) is 0 Å². The third-order valence-corrected chi connectivity index (χ3v) is 3.21. The number of carbonyl (C=O) groups excluding carboxylic acids is 1. The second-order valence-corrected chi connectivity index (χ2v) is 4.62. The van der Waals surface area contributed by atoms with E-state index < -0.39 is 0 Å². The second-order valence-electron chi connectivity index (χ2n) is 3.56. The lowest BCUT2D eigenvalue weighted by Crippen LogP contribution is -2.06. The van der Waals surface area contributed by atoms with Crippen molar-refractivity contribution in [2.24, 2.45) is 0 Å². The molecule has 3 heteroatoms. The van der Waals surface area contributed by atoms with Crippen LogP contribution in [0, 0.1) is 6.92 Å². The lowest BCUT2D eigenvalue weighted by Gasteiger charge is -2.09. The molecule has 1 aromatic rings. The predicted octanol–water partition coefficient (Wildman–Crippen LogP) is 3.13. The number of Topliss-reactive ketones (excluding diaryl/α,β-unsaturated/α-hetero) is 1. The normalized spacial score (nSPS) is 16.5. The number of hydrogen-bond acceptors (Lipinski definition) is 3. The molecule has 1 aliphatic rings. The van der Waals surface area contributed by atoms with Gasteiger partial charge < -0.3 is 0 Å². The summed E-state index contributed by atoms with van der Waals surface area (Å²) in [4.78, 5) is 16.1. The fraction of sp³-hybridized carbons (Fsp3) is 0.455. The Morgan fingerprint density at radius 3 is 2.93 bits per heavy atom. The predicted molar refractivity (Wildman–Crippen MR) is 57.7 cm³/mol. The molecule has 0 saturated carbocycles. The fourth-order valence-electron chi connectivity index (χ4n) is 1.68. The summed E-state index contributed by atoms with van der Waals surface area (Å²) in [5.74, 6) is 0.133. The summed E-state index contributed by atoms with van der Waals surface area (Å²) in [6, 6.07) is 0. The maximum absolute atomic E-state index is 11.9. The number of aromatic nitrogens is 1. The molecule has 74 valence electrons. The van der Waals surface area contributed by atoms with Crippen molar-refractivity contribution in [3.63, 3.8) is 0 Å². The number of nitrogens with zero attached hydrogens (tertiary/aromatic N) is 1. The van der Waals surface area contributed by atoms with E-state index in [4.69, 9.17) is 0 Å². The van der Waals surface area contributed by atoms with Gasteiger partial charge in [-0.15, -0.1) is 11.3 Å². The molecule has 0 saturated heterocycles. The number of thiazole rings is 1. The van der Waals surface area contributed by atoms with Crippen LogP contribution < -0.4 is 0 Å². The highest BCUT2D eigenvalue weighted by Gasteiger charge is 2.16. The first-order chi connectivity index (χ1) is 6.77. The van der Waals surface area contributed by atoms with Gasteiger partial charge >= 0.3 is 0 Å². The second kappa shape index (κ2) is 4.05. The van der Waals surface area contributed by atoms with Crippen molar-refractivity contribution in [1.82, 2.24) is 4.98 Å². The molecule has 0 bridgehead atoms. The first-order valence-corrected chi connectivity index (χ1v) is 5.81. The quantitative estimate of drug-likeness (QED) is 0.697. The van der Waals surface area contributed by atoms with Crippen molar-refractivity contribution >= 4 is 17.1 Å². The summed E-state index contributed by atoms with van der Waals surface area (Å²) >= 11 is 1.54. The van der Waals surface area contributed by atoms with E-state index in [0.29, 0.717) is 5.69 Å². The van der Waals surface area contributed by atoms with Crippen molar-refractivity contribution in [1.29, 1.82) is 0 Å². The van der Waals surface area contributed by atoms with Crippen molar-refractivity contribution in [2.45, 2.75) is 32.6 Å². The Morgan fingerprint density at radius 2 is 2.36 bits per heavy atom. The van der Waals surface area contributed by atoms with Gasteiger partial charge in [-0.2, -0.15) is 0 Å². The molecule has 0 aromatic carbocycles. The highest BCUT2D eigenvalue weighted by molar-refractivity contribution is 7.09. The molecule has 14 heavy (non-hydrogen) atoms. The monoisotopic (exact) mass is 207 g/mol. The van der Waals surface area contributed by atoms with Crippen LogP contribution in [-0.2, 0) is 0 Å². The number of rotatable bonds is 2. The lowest BCUT2D eigenvalue weighted by atomic mass is 9.95. The van der Waals surface area contributed by atoms with E-state index in [1.165, 1.54) is 17.8 Å². The van der Waals surface area contributed by atoms with Gasteiger partial charge in [0, 0.05) is 5.38 Å². The zero-order valence-corrected chi connectivity index (χ0v) is 9.06. The van der Waals surface area contributed by atoms with Gasteiger partial charge in [0.05, 0.1) is 5.01 Å². The van der Waals surface area contributed by atoms with Gasteiger partial charge in [-0.05, 0) is 38.2 Å². The summed E-state index contributed by atoms with van der Waals surface area (Å²) in [5.41, 5.74) is 1.59. The van der Waals surface area contributed by atoms with Crippen molar-refractivity contribution < 1.29 is 4.79 Å². The topological polar surface area (TPSA) is 30.0 Å². The highest BCUT2D eigenvalue weighted by atomic mass is 32.1. The van der Waals surface area contributed by atoms with Gasteiger partial charge in [-0.25, -0.2) is 4.98 Å². The minimum Gasteiger partial charge on any atom is -0.287 e. The van der Waals surface area contributed by atoms with Crippen LogP contribution in [0.5, 0.6) is 0 Å². The largest absolute Gasteiger partial charge is 0.287 e. The molecular weight excluding hydrogens is 194 g/mol. The molecule has 1 aliphatic carbocycles. The molecule has 0 atom stereocenters. The summed E-state index contributed by atoms with van der Waals surface area (Å²) in [6.07, 6.45) is 6.40. The summed E-state index contributed by atoms with van der Waals surface area (Å²) in [6.45, 7) is 1.93. The van der Waals surface area contributed by atoms with Crippen molar-refractivity contribution in [3.05, 3.63) is 27.7 Å². The molecule has 2 rings (SSSR count). The zero-order valence-electron chi connectivity index (χ0n) is 8.25. The number of hydrogen-bond donors (Lipinski definition) is 0. The van der Waals surface area contributed by atoms with Crippen LogP contribution in [0.1, 0.15) is 41.2 Å². The van der Waals surface area contributed by atoms with E-state index in [2.05, 4.69) is 11.1 Å². The summed E-state index contributed by atoms with van der Waals surface area (Å²) in [7, 11) is 0. The van der Waals surface area contributed by atoms with Gasteiger partial charge in [0.2, 0.25) is 5.78 Å². The molecule has 0 unspecified atom stereocenters. The van der Waals surface area contributed by atoms with Crippen molar-refractivity contribution in [2.75, 3.05) is 0 Å². The minimum atomic E-state index is 0.133. The van der Waals surface area contributed by atoms with Crippen molar-refractivity contribution in [3.8, 4) is 0 Å². The zero-order chi connectivity index (χ0) is 9.97. The van der Waals surface area contributed by atoms with Crippen LogP contribution >= 0.6 is 11.3 Å². The molecule has 2 nitrogen and oxygen atoms in total. The van der Waals surface area contributed by atoms with Gasteiger partial charge in [-0.3, -0.25) is 4.79 Å². The SMILES string of the molecule is Cc1nc(C(=O)C2=CCCCC2)cs1. The van der Waals surface area contributed by atoms with Crippen LogP contribution in [0.2, 0.25) is 0 Å². The maximum Gasteiger partial charge on any atom is 0.207 e. The van der Waals surface area contributed by atoms with E-state index in [1.54, 1.807) is 0 Å². The Bertz CT molecular complexity index is 378. The number of carbonyl (C=O) groups is 1. The number of ketones is 1. The first kappa shape index (κ1) is 9.59. The Labute approximate surface area is 87.7 Å². The van der Waals surface area contributed by atoms with Crippen LogP contribution in [0.3, 0.4) is 0 Å². The smallest absolute Gasteiger partial charge is 0.207 e. The molecular formula is C11H13NOS. The summed E-state index contributed by atoms with van der Waals surface area (Å²) in [5, 5.41) is 2.82. The average Bonchev–Trinajstić information content (AvgIpc) is 2.65. The molecule has 0 amide bonds. The van der Waals surface area contributed by atoms with E-state index in [9.17, 15) is 4.79 Å². The van der Waals surface area contributed by atoms with E-state index in [-0.39, 0.29) is 5.78 Å². The highest BCUT2D eigenvalue weighted by Crippen LogP contribution is 2.21. The molecule has 0 N–H and O–H groups in total. The Hall–Kier alpha value is -0.960. The first-order valence-electron chi connectivity index (χ1n) is 4.93. The Balaban J connectivity index is 2.19. The third kappa shape index (κ3) is 1.93. The standard InChI is InChI=1S/C11H13NOS/c1-8-12-10(7-14-8)11(13)9-5-3-2-4-6-9/h5,7H,2-4,6H2,1H3. The Morgan fingerprint density at radius 1 is 1.50 bits per heavy atom. The minimum absolute atomic E-state index is 0.133. The Kier molecular flexibility index (Phi) is 2.77. The molecule has 0 spiro atoms. The molecule has 1 heterocycles. The molecule has 0 radical (unpaired) electrons. The lowest BCUT2D eigenvalue weighted by molar-refractivity contribution is 0.102.